The van der Waals surface area contributed by atoms with Gasteiger partial charge in [0, 0.05) is 25.6 Å². The van der Waals surface area contributed by atoms with Gasteiger partial charge in [-0.1, -0.05) is 19.8 Å². The Bertz CT molecular complexity index is 268. The molecule has 4 heteroatoms. The van der Waals surface area contributed by atoms with E-state index >= 15 is 0 Å². The van der Waals surface area contributed by atoms with E-state index in [1.807, 2.05) is 0 Å². The van der Waals surface area contributed by atoms with Gasteiger partial charge in [0.1, 0.15) is 0 Å². The predicted octanol–water partition coefficient (Wildman–Crippen LogP) is 1.55. The maximum atomic E-state index is 12.7. The highest BCUT2D eigenvalue weighted by Gasteiger charge is 2.32. The van der Waals surface area contributed by atoms with Crippen molar-refractivity contribution in [3.63, 3.8) is 0 Å². The average molecular weight is 269 g/mol. The van der Waals surface area contributed by atoms with Crippen LogP contribution in [0.1, 0.15) is 39.0 Å². The fraction of sp³-hybridized carbons (Fsp3) is 0.933. The number of hydrogen-bond donors (Lipinski definition) is 1. The molecule has 2 unspecified atom stereocenters. The topological polar surface area (TPSA) is 49.6 Å². The summed E-state index contributed by atoms with van der Waals surface area (Å²) >= 11 is 0. The quantitative estimate of drug-likeness (QED) is 0.763. The molecule has 0 aromatic carbocycles. The standard InChI is InChI=1S/C15H31N3O/c1-4-9-18(11-10-17(2)3)15(19)14-8-6-5-7-13(14)12-16/h13-14H,4-12,16H2,1-3H3. The number of nitrogens with two attached hydrogens (primary N) is 1. The summed E-state index contributed by atoms with van der Waals surface area (Å²) in [6.45, 7) is 5.45. The van der Waals surface area contributed by atoms with Crippen LogP contribution in [0.2, 0.25) is 0 Å². The molecule has 0 radical (unpaired) electrons. The molecule has 0 aromatic heterocycles. The van der Waals surface area contributed by atoms with Crippen molar-refractivity contribution in [2.45, 2.75) is 39.0 Å². The van der Waals surface area contributed by atoms with Crippen molar-refractivity contribution >= 4 is 5.91 Å². The Hall–Kier alpha value is -0.610. The fourth-order valence-corrected chi connectivity index (χ4v) is 2.97. The maximum absolute atomic E-state index is 12.7. The van der Waals surface area contributed by atoms with Gasteiger partial charge in [0.2, 0.25) is 5.91 Å². The summed E-state index contributed by atoms with van der Waals surface area (Å²) in [5, 5.41) is 0. The smallest absolute Gasteiger partial charge is 0.226 e. The first kappa shape index (κ1) is 16.4. The molecular weight excluding hydrogens is 238 g/mol. The summed E-state index contributed by atoms with van der Waals surface area (Å²) in [6, 6.07) is 0. The highest BCUT2D eigenvalue weighted by molar-refractivity contribution is 5.79. The summed E-state index contributed by atoms with van der Waals surface area (Å²) in [7, 11) is 4.11. The van der Waals surface area contributed by atoms with Crippen LogP contribution in [0.4, 0.5) is 0 Å². The molecule has 0 saturated heterocycles. The second-order valence-corrected chi connectivity index (χ2v) is 6.02. The third-order valence-corrected chi connectivity index (χ3v) is 4.15. The molecule has 1 fully saturated rings. The second-order valence-electron chi connectivity index (χ2n) is 6.02. The van der Waals surface area contributed by atoms with Crippen LogP contribution in [0.3, 0.4) is 0 Å². The van der Waals surface area contributed by atoms with Crippen molar-refractivity contribution in [2.24, 2.45) is 17.6 Å². The molecule has 0 aliphatic heterocycles. The van der Waals surface area contributed by atoms with Crippen LogP contribution < -0.4 is 5.73 Å². The van der Waals surface area contributed by atoms with Gasteiger partial charge >= 0.3 is 0 Å². The van der Waals surface area contributed by atoms with Crippen LogP contribution >= 0.6 is 0 Å². The lowest BCUT2D eigenvalue weighted by molar-refractivity contribution is -0.138. The van der Waals surface area contributed by atoms with Gasteiger partial charge < -0.3 is 15.5 Å². The molecule has 112 valence electrons. The van der Waals surface area contributed by atoms with E-state index in [1.165, 1.54) is 12.8 Å². The van der Waals surface area contributed by atoms with E-state index in [1.54, 1.807) is 0 Å². The first-order valence-electron chi connectivity index (χ1n) is 7.73. The van der Waals surface area contributed by atoms with E-state index in [9.17, 15) is 4.79 Å². The zero-order chi connectivity index (χ0) is 14.3. The molecule has 0 spiro atoms. The van der Waals surface area contributed by atoms with Gasteiger partial charge in [0.15, 0.2) is 0 Å². The van der Waals surface area contributed by atoms with E-state index in [2.05, 4.69) is 30.8 Å². The fourth-order valence-electron chi connectivity index (χ4n) is 2.97. The van der Waals surface area contributed by atoms with E-state index in [0.717, 1.165) is 38.9 Å². The first-order chi connectivity index (χ1) is 9.10. The lowest BCUT2D eigenvalue weighted by Crippen LogP contribution is -2.44. The zero-order valence-electron chi connectivity index (χ0n) is 12.9. The molecule has 1 amide bonds. The lowest BCUT2D eigenvalue weighted by Gasteiger charge is -2.34. The second kappa shape index (κ2) is 8.54. The summed E-state index contributed by atoms with van der Waals surface area (Å²) in [6.07, 6.45) is 5.60. The number of amides is 1. The first-order valence-corrected chi connectivity index (χ1v) is 7.73. The average Bonchev–Trinajstić information content (AvgIpc) is 2.42. The predicted molar refractivity (Wildman–Crippen MR) is 79.9 cm³/mol. The molecule has 0 bridgehead atoms. The monoisotopic (exact) mass is 269 g/mol. The van der Waals surface area contributed by atoms with Crippen LogP contribution in [-0.2, 0) is 4.79 Å². The number of nitrogens with zero attached hydrogens (tertiary/aromatic N) is 2. The van der Waals surface area contributed by atoms with Gasteiger partial charge in [-0.05, 0) is 45.8 Å². The van der Waals surface area contributed by atoms with Crippen molar-refractivity contribution in [2.75, 3.05) is 40.3 Å². The normalized spacial score (nSPS) is 23.6. The summed E-state index contributed by atoms with van der Waals surface area (Å²) in [5.41, 5.74) is 5.85. The summed E-state index contributed by atoms with van der Waals surface area (Å²) in [4.78, 5) is 16.9. The highest BCUT2D eigenvalue weighted by Crippen LogP contribution is 2.30. The Balaban J connectivity index is 2.62. The van der Waals surface area contributed by atoms with Gasteiger partial charge in [-0.3, -0.25) is 4.79 Å². The molecule has 1 rings (SSSR count). The Kier molecular flexibility index (Phi) is 7.39. The van der Waals surface area contributed by atoms with Gasteiger partial charge in [-0.2, -0.15) is 0 Å². The van der Waals surface area contributed by atoms with Crippen molar-refractivity contribution in [3.05, 3.63) is 0 Å². The van der Waals surface area contributed by atoms with E-state index in [-0.39, 0.29) is 5.92 Å². The minimum atomic E-state index is 0.174. The highest BCUT2D eigenvalue weighted by atomic mass is 16.2. The van der Waals surface area contributed by atoms with Gasteiger partial charge in [0.05, 0.1) is 0 Å². The minimum absolute atomic E-state index is 0.174. The van der Waals surface area contributed by atoms with E-state index in [0.29, 0.717) is 18.4 Å². The lowest BCUT2D eigenvalue weighted by atomic mass is 9.78. The van der Waals surface area contributed by atoms with Crippen LogP contribution in [0, 0.1) is 11.8 Å². The SMILES string of the molecule is CCCN(CCN(C)C)C(=O)C1CCCCC1CN. The number of carbonyl (C=O) groups is 1. The number of hydrogen-bond acceptors (Lipinski definition) is 3. The summed E-state index contributed by atoms with van der Waals surface area (Å²) in [5.74, 6) is 0.922. The Morgan fingerprint density at radius 1 is 1.16 bits per heavy atom. The third kappa shape index (κ3) is 5.11. The van der Waals surface area contributed by atoms with Crippen LogP contribution in [0.5, 0.6) is 0 Å². The van der Waals surface area contributed by atoms with Gasteiger partial charge in [-0.15, -0.1) is 0 Å². The Morgan fingerprint density at radius 3 is 2.42 bits per heavy atom. The molecule has 1 saturated carbocycles. The molecule has 2 N–H and O–H groups in total. The number of carbonyl (C=O) groups excluding carboxylic acids is 1. The largest absolute Gasteiger partial charge is 0.341 e. The van der Waals surface area contributed by atoms with Crippen LogP contribution in [-0.4, -0.2) is 56.0 Å². The van der Waals surface area contributed by atoms with Crippen LogP contribution in [0.25, 0.3) is 0 Å². The minimum Gasteiger partial charge on any atom is -0.341 e. The van der Waals surface area contributed by atoms with E-state index in [4.69, 9.17) is 5.73 Å². The molecule has 1 aliphatic carbocycles. The number of likely N-dealkylation sites (N-methyl/N-ethyl adjacent to an activating group) is 1. The van der Waals surface area contributed by atoms with E-state index < -0.39 is 0 Å². The van der Waals surface area contributed by atoms with Crippen molar-refractivity contribution in [1.29, 1.82) is 0 Å². The van der Waals surface area contributed by atoms with Crippen molar-refractivity contribution < 1.29 is 4.79 Å². The van der Waals surface area contributed by atoms with Crippen LogP contribution in [0.15, 0.2) is 0 Å². The maximum Gasteiger partial charge on any atom is 0.226 e. The van der Waals surface area contributed by atoms with Crippen molar-refractivity contribution in [3.8, 4) is 0 Å². The zero-order valence-corrected chi connectivity index (χ0v) is 12.9. The Morgan fingerprint density at radius 2 is 1.84 bits per heavy atom. The van der Waals surface area contributed by atoms with Gasteiger partial charge in [-0.25, -0.2) is 0 Å². The van der Waals surface area contributed by atoms with Crippen molar-refractivity contribution in [1.82, 2.24) is 9.80 Å². The third-order valence-electron chi connectivity index (χ3n) is 4.15. The molecule has 2 atom stereocenters. The summed E-state index contributed by atoms with van der Waals surface area (Å²) < 4.78 is 0. The molecule has 0 aromatic rings. The Labute approximate surface area is 118 Å². The molecule has 4 nitrogen and oxygen atoms in total. The molecule has 0 heterocycles. The van der Waals surface area contributed by atoms with Gasteiger partial charge in [0.25, 0.3) is 0 Å². The molecule has 19 heavy (non-hydrogen) atoms. The molecule has 1 aliphatic rings. The number of rotatable bonds is 7. The molecular formula is C15H31N3O.